The maximum absolute atomic E-state index is 2.50. The van der Waals surface area contributed by atoms with Crippen molar-refractivity contribution in [1.82, 2.24) is 0 Å². The van der Waals surface area contributed by atoms with Gasteiger partial charge in [0.15, 0.2) is 0 Å². The van der Waals surface area contributed by atoms with Crippen molar-refractivity contribution in [3.8, 4) is 33.4 Å². The van der Waals surface area contributed by atoms with Gasteiger partial charge in [-0.05, 0) is 121 Å². The summed E-state index contributed by atoms with van der Waals surface area (Å²) >= 11 is 0. The lowest BCUT2D eigenvalue weighted by molar-refractivity contribution is 1.23. The molecule has 0 fully saturated rings. The Kier molecular flexibility index (Phi) is 2.87. The fourth-order valence-electron chi connectivity index (χ4n) is 6.28. The lowest BCUT2D eigenvalue weighted by Crippen LogP contribution is -1.87. The van der Waals surface area contributed by atoms with E-state index in [1.165, 1.54) is 77.5 Å². The van der Waals surface area contributed by atoms with E-state index >= 15 is 0 Å². The molecule has 0 nitrogen and oxygen atoms in total. The molecule has 0 saturated carbocycles. The molecule has 0 saturated heterocycles. The first-order valence-corrected chi connectivity index (χ1v) is 11.2. The Hall–Kier alpha value is -3.64. The van der Waals surface area contributed by atoms with Crippen LogP contribution in [0.1, 0.15) is 33.4 Å². The van der Waals surface area contributed by atoms with Gasteiger partial charge in [-0.15, -0.1) is 0 Å². The molecule has 0 spiro atoms. The summed E-state index contributed by atoms with van der Waals surface area (Å²) in [4.78, 5) is 0. The van der Waals surface area contributed by atoms with Gasteiger partial charge in [-0.3, -0.25) is 0 Å². The first kappa shape index (κ1) is 16.1. The number of fused-ring (bicyclic) bond motifs is 11. The van der Waals surface area contributed by atoms with Crippen molar-refractivity contribution in [1.29, 1.82) is 0 Å². The summed E-state index contributed by atoms with van der Waals surface area (Å²) < 4.78 is 0. The summed E-state index contributed by atoms with van der Waals surface area (Å²) in [6.45, 7) is 0. The van der Waals surface area contributed by atoms with Gasteiger partial charge in [-0.2, -0.15) is 0 Å². The Bertz CT molecular complexity index is 1600. The van der Waals surface area contributed by atoms with Crippen LogP contribution in [0.4, 0.5) is 0 Å². The number of hydrogen-bond donors (Lipinski definition) is 0. The van der Waals surface area contributed by atoms with E-state index in [1.54, 1.807) is 0 Å². The van der Waals surface area contributed by atoms with E-state index < -0.39 is 0 Å². The molecule has 3 aliphatic carbocycles. The third kappa shape index (κ3) is 2.05. The van der Waals surface area contributed by atoms with Crippen LogP contribution in [0, 0.1) is 0 Å². The molecule has 0 aliphatic heterocycles. The van der Waals surface area contributed by atoms with Crippen LogP contribution in [-0.4, -0.2) is 0 Å². The van der Waals surface area contributed by atoms with Crippen molar-refractivity contribution in [3.63, 3.8) is 0 Å². The molecule has 0 bridgehead atoms. The molecule has 0 unspecified atom stereocenters. The zero-order chi connectivity index (χ0) is 20.1. The summed E-state index contributed by atoms with van der Waals surface area (Å²) in [5.74, 6) is 0. The predicted molar refractivity (Wildman–Crippen MR) is 129 cm³/mol. The van der Waals surface area contributed by atoms with Gasteiger partial charge in [0.1, 0.15) is 0 Å². The van der Waals surface area contributed by atoms with Gasteiger partial charge < -0.3 is 0 Å². The average molecular weight is 393 g/mol. The molecule has 0 heteroatoms. The van der Waals surface area contributed by atoms with Gasteiger partial charge in [0, 0.05) is 0 Å². The molecule has 0 amide bonds. The van der Waals surface area contributed by atoms with Gasteiger partial charge in [0.05, 0.1) is 0 Å². The first-order valence-electron chi connectivity index (χ1n) is 11.2. The highest BCUT2D eigenvalue weighted by Crippen LogP contribution is 2.49. The predicted octanol–water partition coefficient (Wildman–Crippen LogP) is 7.55. The fraction of sp³-hybridized carbons (Fsp3) is 0.0968. The Morgan fingerprint density at radius 1 is 0.387 bits per heavy atom. The molecule has 5 aromatic rings. The topological polar surface area (TPSA) is 0 Å². The third-order valence-electron chi connectivity index (χ3n) is 7.68. The largest absolute Gasteiger partial charge is 0.0619 e. The monoisotopic (exact) mass is 392 g/mol. The number of rotatable bonds is 0. The molecule has 5 aromatic carbocycles. The van der Waals surface area contributed by atoms with Crippen molar-refractivity contribution in [2.24, 2.45) is 0 Å². The average Bonchev–Trinajstić information content (AvgIpc) is 3.46. The van der Waals surface area contributed by atoms with Crippen molar-refractivity contribution in [3.05, 3.63) is 118 Å². The minimum atomic E-state index is 1.05. The lowest BCUT2D eigenvalue weighted by atomic mass is 9.94. The van der Waals surface area contributed by atoms with E-state index in [4.69, 9.17) is 0 Å². The van der Waals surface area contributed by atoms with E-state index in [2.05, 4.69) is 84.9 Å². The van der Waals surface area contributed by atoms with Crippen LogP contribution in [0.3, 0.4) is 0 Å². The number of hydrogen-bond acceptors (Lipinski definition) is 0. The Balaban J connectivity index is 1.31. The van der Waals surface area contributed by atoms with Gasteiger partial charge in [-0.1, -0.05) is 60.7 Å². The van der Waals surface area contributed by atoms with E-state index in [1.807, 2.05) is 0 Å². The molecule has 31 heavy (non-hydrogen) atoms. The molecule has 0 aromatic heterocycles. The summed E-state index contributed by atoms with van der Waals surface area (Å²) in [6, 6.07) is 32.3. The molecule has 8 rings (SSSR count). The molecule has 144 valence electrons. The van der Waals surface area contributed by atoms with Crippen LogP contribution in [0.25, 0.3) is 44.2 Å². The van der Waals surface area contributed by atoms with Crippen LogP contribution in [-0.2, 0) is 19.3 Å². The van der Waals surface area contributed by atoms with Gasteiger partial charge in [0.25, 0.3) is 0 Å². The Labute approximate surface area is 181 Å². The number of benzene rings is 5. The van der Waals surface area contributed by atoms with Gasteiger partial charge in [-0.25, -0.2) is 0 Å². The van der Waals surface area contributed by atoms with Gasteiger partial charge >= 0.3 is 0 Å². The van der Waals surface area contributed by atoms with Crippen molar-refractivity contribution in [2.45, 2.75) is 19.3 Å². The second kappa shape index (κ2) is 5.53. The minimum Gasteiger partial charge on any atom is -0.0619 e. The van der Waals surface area contributed by atoms with Crippen LogP contribution in [0.5, 0.6) is 0 Å². The summed E-state index contributed by atoms with van der Waals surface area (Å²) in [7, 11) is 0. The van der Waals surface area contributed by atoms with Crippen molar-refractivity contribution in [2.75, 3.05) is 0 Å². The van der Waals surface area contributed by atoms with E-state index in [9.17, 15) is 0 Å². The van der Waals surface area contributed by atoms with E-state index in [-0.39, 0.29) is 0 Å². The fourth-order valence-corrected chi connectivity index (χ4v) is 6.28. The Morgan fingerprint density at radius 2 is 0.968 bits per heavy atom. The lowest BCUT2D eigenvalue weighted by Gasteiger charge is -2.09. The maximum atomic E-state index is 2.50. The van der Waals surface area contributed by atoms with Crippen molar-refractivity contribution < 1.29 is 0 Å². The van der Waals surface area contributed by atoms with Gasteiger partial charge in [0.2, 0.25) is 0 Å². The SMILES string of the molecule is c1ccc2c(c1)Cc1cc3c(cc1-2)Cc1cc2c(cc1-3)Cc1ccc3ccccc3c1-2. The smallest absolute Gasteiger partial charge is 0.00130 e. The van der Waals surface area contributed by atoms with E-state index in [0.29, 0.717) is 0 Å². The molecule has 0 N–H and O–H groups in total. The quantitative estimate of drug-likeness (QED) is 0.250. The molecule has 0 atom stereocenters. The maximum Gasteiger partial charge on any atom is -0.00130 e. The molecular weight excluding hydrogens is 372 g/mol. The van der Waals surface area contributed by atoms with Crippen LogP contribution in [0.2, 0.25) is 0 Å². The third-order valence-corrected chi connectivity index (χ3v) is 7.68. The van der Waals surface area contributed by atoms with Crippen LogP contribution >= 0.6 is 0 Å². The normalized spacial score (nSPS) is 14.1. The standard InChI is InChI=1S/C31H20/c1-4-8-26-18(5-1)9-10-20-12-24-16-29-23(17-30(24)31(20)26)13-22-14-27-21(15-28(22)29)11-19-6-2-3-7-25(19)27/h1-10,14-17H,11-13H2. The summed E-state index contributed by atoms with van der Waals surface area (Å²) in [5.41, 5.74) is 17.6. The second-order valence-electron chi connectivity index (χ2n) is 9.34. The molecule has 3 aliphatic rings. The highest BCUT2D eigenvalue weighted by atomic mass is 14.3. The minimum absolute atomic E-state index is 1.05. The summed E-state index contributed by atoms with van der Waals surface area (Å²) in [5, 5.41) is 2.73. The highest BCUT2D eigenvalue weighted by molar-refractivity contribution is 6.02. The zero-order valence-electron chi connectivity index (χ0n) is 17.2. The Morgan fingerprint density at radius 3 is 1.81 bits per heavy atom. The van der Waals surface area contributed by atoms with E-state index in [0.717, 1.165) is 19.3 Å². The van der Waals surface area contributed by atoms with Crippen LogP contribution < -0.4 is 0 Å². The first-order chi connectivity index (χ1) is 15.3. The highest BCUT2D eigenvalue weighted by Gasteiger charge is 2.28. The molecular formula is C31H20. The summed E-state index contributed by atoms with van der Waals surface area (Å²) in [6.07, 6.45) is 3.17. The van der Waals surface area contributed by atoms with Crippen molar-refractivity contribution >= 4 is 10.8 Å². The zero-order valence-corrected chi connectivity index (χ0v) is 17.2. The molecule has 0 heterocycles. The second-order valence-corrected chi connectivity index (χ2v) is 9.34. The molecule has 0 radical (unpaired) electrons. The van der Waals surface area contributed by atoms with Crippen LogP contribution in [0.15, 0.2) is 84.9 Å².